The molecule has 4 rings (SSSR count). The lowest BCUT2D eigenvalue weighted by Gasteiger charge is -2.14. The minimum Gasteiger partial charge on any atom is -0.449 e. The molecule has 0 bridgehead atoms. The third kappa shape index (κ3) is 4.82. The molecule has 0 aromatic heterocycles. The second-order valence-electron chi connectivity index (χ2n) is 7.46. The van der Waals surface area contributed by atoms with Gasteiger partial charge in [0.15, 0.2) is 0 Å². The van der Waals surface area contributed by atoms with Crippen LogP contribution in [0.1, 0.15) is 34.6 Å². The zero-order chi connectivity index (χ0) is 21.6. The van der Waals surface area contributed by atoms with E-state index in [4.69, 9.17) is 16.3 Å². The van der Waals surface area contributed by atoms with E-state index in [-0.39, 0.29) is 12.5 Å². The van der Waals surface area contributed by atoms with Crippen molar-refractivity contribution < 1.29 is 14.6 Å². The Morgan fingerprint density at radius 2 is 1.71 bits per heavy atom. The molecule has 3 aromatic carbocycles. The second kappa shape index (κ2) is 9.82. The Kier molecular flexibility index (Phi) is 6.70. The number of alkyl carbamates (subject to hydrolysis) is 1. The van der Waals surface area contributed by atoms with Crippen molar-refractivity contribution in [3.8, 4) is 11.1 Å². The number of fused-ring (bicyclic) bond motifs is 3. The highest BCUT2D eigenvalue weighted by atomic mass is 35.5. The fourth-order valence-corrected chi connectivity index (χ4v) is 4.12. The third-order valence-electron chi connectivity index (χ3n) is 5.46. The van der Waals surface area contributed by atoms with Gasteiger partial charge in [0.05, 0.1) is 6.61 Å². The summed E-state index contributed by atoms with van der Waals surface area (Å²) < 4.78 is 5.53. The van der Waals surface area contributed by atoms with Gasteiger partial charge in [-0.2, -0.15) is 0 Å². The van der Waals surface area contributed by atoms with Crippen molar-refractivity contribution in [3.05, 3.63) is 100 Å². The molecule has 2 N–H and O–H groups in total. The van der Waals surface area contributed by atoms with Crippen molar-refractivity contribution >= 4 is 23.8 Å². The summed E-state index contributed by atoms with van der Waals surface area (Å²) in [4.78, 5) is 12.2. The van der Waals surface area contributed by atoms with Crippen molar-refractivity contribution in [3.63, 3.8) is 0 Å². The highest BCUT2D eigenvalue weighted by molar-refractivity contribution is 6.32. The highest BCUT2D eigenvalue weighted by Crippen LogP contribution is 2.44. The molecule has 0 aliphatic heterocycles. The van der Waals surface area contributed by atoms with Gasteiger partial charge in [0.25, 0.3) is 0 Å². The molecule has 3 aromatic rings. The zero-order valence-electron chi connectivity index (χ0n) is 17.1. The fourth-order valence-electron chi connectivity index (χ4n) is 3.94. The Morgan fingerprint density at radius 3 is 2.39 bits per heavy atom. The average Bonchev–Trinajstić information content (AvgIpc) is 3.12. The summed E-state index contributed by atoms with van der Waals surface area (Å²) in [5, 5.41) is 12.6. The molecule has 5 heteroatoms. The van der Waals surface area contributed by atoms with Crippen LogP contribution in [0, 0.1) is 0 Å². The molecule has 0 spiro atoms. The van der Waals surface area contributed by atoms with Crippen molar-refractivity contribution in [1.29, 1.82) is 0 Å². The van der Waals surface area contributed by atoms with Crippen molar-refractivity contribution in [2.75, 3.05) is 13.2 Å². The first kappa shape index (κ1) is 21.2. The van der Waals surface area contributed by atoms with E-state index < -0.39 is 6.09 Å². The molecule has 0 saturated heterocycles. The van der Waals surface area contributed by atoms with E-state index in [0.29, 0.717) is 24.6 Å². The van der Waals surface area contributed by atoms with Gasteiger partial charge < -0.3 is 15.2 Å². The smallest absolute Gasteiger partial charge is 0.407 e. The largest absolute Gasteiger partial charge is 0.449 e. The number of rotatable bonds is 7. The molecule has 0 atom stereocenters. The van der Waals surface area contributed by atoms with Gasteiger partial charge in [0.1, 0.15) is 6.61 Å². The van der Waals surface area contributed by atoms with Crippen LogP contribution in [0.3, 0.4) is 0 Å². The van der Waals surface area contributed by atoms with Crippen LogP contribution in [-0.2, 0) is 11.3 Å². The van der Waals surface area contributed by atoms with Crippen LogP contribution in [0.15, 0.2) is 72.8 Å². The van der Waals surface area contributed by atoms with Crippen molar-refractivity contribution in [2.45, 2.75) is 18.9 Å². The molecule has 0 fully saturated rings. The van der Waals surface area contributed by atoms with Gasteiger partial charge in [-0.15, -0.1) is 0 Å². The minimum absolute atomic E-state index is 0.0264. The van der Waals surface area contributed by atoms with Gasteiger partial charge in [-0.1, -0.05) is 78.4 Å². The first-order chi connectivity index (χ1) is 15.2. The second-order valence-corrected chi connectivity index (χ2v) is 7.86. The number of carbonyl (C=O) groups is 1. The maximum absolute atomic E-state index is 12.2. The summed E-state index contributed by atoms with van der Waals surface area (Å²) in [5.74, 6) is 0.0546. The van der Waals surface area contributed by atoms with Gasteiger partial charge >= 0.3 is 6.09 Å². The third-order valence-corrected chi connectivity index (χ3v) is 5.81. The van der Waals surface area contributed by atoms with E-state index in [2.05, 4.69) is 29.6 Å². The topological polar surface area (TPSA) is 58.6 Å². The Balaban J connectivity index is 1.28. The van der Waals surface area contributed by atoms with Crippen LogP contribution in [0.4, 0.5) is 4.79 Å². The van der Waals surface area contributed by atoms with E-state index in [9.17, 15) is 9.90 Å². The molecule has 1 aliphatic rings. The number of halogens is 1. The molecule has 1 amide bonds. The first-order valence-electron chi connectivity index (χ1n) is 10.3. The molecule has 31 heavy (non-hydrogen) atoms. The van der Waals surface area contributed by atoms with Crippen LogP contribution in [0.25, 0.3) is 17.2 Å². The molecule has 0 heterocycles. The Labute approximate surface area is 187 Å². The molecule has 1 aliphatic carbocycles. The Bertz CT molecular complexity index is 1060. The van der Waals surface area contributed by atoms with Crippen LogP contribution < -0.4 is 5.32 Å². The lowest BCUT2D eigenvalue weighted by atomic mass is 9.98. The van der Waals surface area contributed by atoms with Crippen molar-refractivity contribution in [1.82, 2.24) is 5.32 Å². The summed E-state index contributed by atoms with van der Waals surface area (Å²) in [6.07, 6.45) is 4.05. The standard InChI is InChI=1S/C26H24ClNO3/c27-25-13-12-18(16-29)15-19(25)7-5-6-14-28-26(30)31-17-24-22-10-3-1-8-20(22)21-9-2-4-11-23(21)24/h1-5,7-13,15,24,29H,6,14,16-17H2,(H,28,30). The molecule has 158 valence electrons. The fraction of sp³-hybridized carbons (Fsp3) is 0.192. The van der Waals surface area contributed by atoms with E-state index in [0.717, 1.165) is 11.1 Å². The number of carbonyl (C=O) groups excluding carboxylic acids is 1. The maximum Gasteiger partial charge on any atom is 0.407 e. The molecule has 0 unspecified atom stereocenters. The quantitative estimate of drug-likeness (QED) is 0.465. The molecular weight excluding hydrogens is 410 g/mol. The van der Waals surface area contributed by atoms with Crippen molar-refractivity contribution in [2.24, 2.45) is 0 Å². The number of ether oxygens (including phenoxy) is 1. The summed E-state index contributed by atoms with van der Waals surface area (Å²) >= 11 is 6.17. The summed E-state index contributed by atoms with van der Waals surface area (Å²) in [7, 11) is 0. The Morgan fingerprint density at radius 1 is 1.03 bits per heavy atom. The SMILES string of the molecule is O=C(NCCC=Cc1cc(CO)ccc1Cl)OCC1c2ccccc2-c2ccccc21. The number of aliphatic hydroxyl groups excluding tert-OH is 1. The minimum atomic E-state index is -0.421. The van der Waals surface area contributed by atoms with Crippen LogP contribution in [0.2, 0.25) is 5.02 Å². The van der Waals surface area contributed by atoms with Crippen LogP contribution in [-0.4, -0.2) is 24.4 Å². The highest BCUT2D eigenvalue weighted by Gasteiger charge is 2.28. The summed E-state index contributed by atoms with van der Waals surface area (Å²) in [5.41, 5.74) is 6.46. The lowest BCUT2D eigenvalue weighted by molar-refractivity contribution is 0.143. The number of hydrogen-bond donors (Lipinski definition) is 2. The number of hydrogen-bond acceptors (Lipinski definition) is 3. The number of aliphatic hydroxyl groups is 1. The zero-order valence-corrected chi connectivity index (χ0v) is 17.8. The van der Waals surface area contributed by atoms with Gasteiger partial charge in [-0.05, 0) is 51.9 Å². The maximum atomic E-state index is 12.2. The van der Waals surface area contributed by atoms with Gasteiger partial charge in [-0.3, -0.25) is 0 Å². The number of benzene rings is 3. The summed E-state index contributed by atoms with van der Waals surface area (Å²) in [6.45, 7) is 0.741. The van der Waals surface area contributed by atoms with Crippen LogP contribution >= 0.6 is 11.6 Å². The van der Waals surface area contributed by atoms with Gasteiger partial charge in [-0.25, -0.2) is 4.79 Å². The number of amides is 1. The molecular formula is C26H24ClNO3. The molecule has 4 nitrogen and oxygen atoms in total. The van der Waals surface area contributed by atoms with E-state index >= 15 is 0 Å². The van der Waals surface area contributed by atoms with E-state index in [1.54, 1.807) is 12.1 Å². The van der Waals surface area contributed by atoms with Crippen LogP contribution in [0.5, 0.6) is 0 Å². The van der Waals surface area contributed by atoms with Gasteiger partial charge in [0.2, 0.25) is 0 Å². The molecule has 0 saturated carbocycles. The first-order valence-corrected chi connectivity index (χ1v) is 10.7. The van der Waals surface area contributed by atoms with E-state index in [1.807, 2.05) is 42.5 Å². The average molecular weight is 434 g/mol. The predicted octanol–water partition coefficient (Wildman–Crippen LogP) is 5.77. The lowest BCUT2D eigenvalue weighted by Crippen LogP contribution is -2.26. The number of nitrogens with one attached hydrogen (secondary N) is 1. The van der Waals surface area contributed by atoms with E-state index in [1.165, 1.54) is 22.3 Å². The molecule has 0 radical (unpaired) electrons. The summed E-state index contributed by atoms with van der Waals surface area (Å²) in [6, 6.07) is 21.9. The monoisotopic (exact) mass is 433 g/mol. The van der Waals surface area contributed by atoms with Gasteiger partial charge in [0, 0.05) is 17.5 Å². The predicted molar refractivity (Wildman–Crippen MR) is 124 cm³/mol. The normalized spacial score (nSPS) is 12.6. The Hall–Kier alpha value is -3.08.